The highest BCUT2D eigenvalue weighted by Crippen LogP contribution is 2.24. The molecule has 1 aliphatic rings. The molecule has 100 valence electrons. The van der Waals surface area contributed by atoms with Crippen molar-refractivity contribution in [2.75, 3.05) is 11.4 Å². The van der Waals surface area contributed by atoms with Crippen LogP contribution in [0.4, 0.5) is 10.1 Å². The lowest BCUT2D eigenvalue weighted by molar-refractivity contribution is -0.120. The van der Waals surface area contributed by atoms with Gasteiger partial charge in [-0.05, 0) is 32.0 Å². The second-order valence-electron chi connectivity index (χ2n) is 4.67. The van der Waals surface area contributed by atoms with Crippen molar-refractivity contribution in [2.45, 2.75) is 31.8 Å². The summed E-state index contributed by atoms with van der Waals surface area (Å²) in [7, 11) is 0. The van der Waals surface area contributed by atoms with Gasteiger partial charge in [0.2, 0.25) is 5.91 Å². The molecule has 2 unspecified atom stereocenters. The maximum Gasteiger partial charge on any atom is 0.245 e. The fourth-order valence-electron chi connectivity index (χ4n) is 2.32. The van der Waals surface area contributed by atoms with Gasteiger partial charge < -0.3 is 10.2 Å². The zero-order valence-electron chi connectivity index (χ0n) is 10.8. The van der Waals surface area contributed by atoms with Crippen molar-refractivity contribution in [3.05, 3.63) is 30.1 Å². The van der Waals surface area contributed by atoms with Gasteiger partial charge in [-0.2, -0.15) is 5.26 Å². The van der Waals surface area contributed by atoms with Gasteiger partial charge in [-0.25, -0.2) is 4.39 Å². The molecule has 1 saturated heterocycles. The van der Waals surface area contributed by atoms with Crippen molar-refractivity contribution in [1.29, 1.82) is 5.26 Å². The Balaban J connectivity index is 2.37. The number of anilines is 1. The number of hydrogen-bond donors (Lipinski definition) is 1. The zero-order chi connectivity index (χ0) is 13.8. The predicted octanol–water partition coefficient (Wildman–Crippen LogP) is 1.82. The molecule has 1 aromatic carbocycles. The number of carbonyl (C=O) groups is 1. The molecular weight excluding hydrogens is 245 g/mol. The summed E-state index contributed by atoms with van der Waals surface area (Å²) in [5, 5.41) is 11.8. The molecule has 2 atom stereocenters. The summed E-state index contributed by atoms with van der Waals surface area (Å²) in [5.41, 5.74) is 0.284. The van der Waals surface area contributed by atoms with E-state index in [9.17, 15) is 9.18 Å². The Labute approximate surface area is 111 Å². The third kappa shape index (κ3) is 2.74. The van der Waals surface area contributed by atoms with Crippen LogP contribution in [0.2, 0.25) is 0 Å². The van der Waals surface area contributed by atoms with Crippen LogP contribution in [0.3, 0.4) is 0 Å². The maximum atomic E-state index is 13.9. The van der Waals surface area contributed by atoms with Crippen molar-refractivity contribution in [1.82, 2.24) is 5.32 Å². The number of nitriles is 1. The van der Waals surface area contributed by atoms with Crippen LogP contribution in [0.15, 0.2) is 24.3 Å². The number of amides is 1. The van der Waals surface area contributed by atoms with Gasteiger partial charge in [0.25, 0.3) is 0 Å². The lowest BCUT2D eigenvalue weighted by Crippen LogP contribution is -2.46. The molecule has 0 aliphatic carbocycles. The maximum absolute atomic E-state index is 13.9. The quantitative estimate of drug-likeness (QED) is 0.883. The molecule has 0 aromatic heterocycles. The number of rotatable bonds is 2. The Morgan fingerprint density at radius 3 is 2.95 bits per heavy atom. The van der Waals surface area contributed by atoms with E-state index >= 15 is 0 Å². The monoisotopic (exact) mass is 261 g/mol. The minimum absolute atomic E-state index is 0.0938. The molecule has 5 heteroatoms. The lowest BCUT2D eigenvalue weighted by Gasteiger charge is -2.29. The standard InChI is InChI=1S/C14H16FN3O/c1-10-7-9-17-12(6-8-16)14(19)18(10)13-5-3-2-4-11(13)15/h2-5,10,12,17H,6-7,9H2,1H3. The van der Waals surface area contributed by atoms with Gasteiger partial charge in [0.05, 0.1) is 18.2 Å². The van der Waals surface area contributed by atoms with Crippen LogP contribution in [-0.2, 0) is 4.79 Å². The number of hydrogen-bond acceptors (Lipinski definition) is 3. The zero-order valence-corrected chi connectivity index (χ0v) is 10.8. The summed E-state index contributed by atoms with van der Waals surface area (Å²) in [6.45, 7) is 2.53. The van der Waals surface area contributed by atoms with Crippen molar-refractivity contribution in [2.24, 2.45) is 0 Å². The molecule has 0 spiro atoms. The summed E-state index contributed by atoms with van der Waals surface area (Å²) in [5.74, 6) is -0.656. The number of nitrogens with one attached hydrogen (secondary N) is 1. The second-order valence-corrected chi connectivity index (χ2v) is 4.67. The van der Waals surface area contributed by atoms with Crippen molar-refractivity contribution < 1.29 is 9.18 Å². The Morgan fingerprint density at radius 1 is 1.53 bits per heavy atom. The SMILES string of the molecule is CC1CCNC(CC#N)C(=O)N1c1ccccc1F. The van der Waals surface area contributed by atoms with E-state index < -0.39 is 11.9 Å². The van der Waals surface area contributed by atoms with E-state index in [-0.39, 0.29) is 24.1 Å². The molecule has 0 radical (unpaired) electrons. The molecule has 1 aliphatic heterocycles. The molecule has 1 heterocycles. The highest BCUT2D eigenvalue weighted by Gasteiger charge is 2.32. The molecule has 2 rings (SSSR count). The number of carbonyl (C=O) groups excluding carboxylic acids is 1. The summed E-state index contributed by atoms with van der Waals surface area (Å²) in [4.78, 5) is 13.9. The Bertz CT molecular complexity index is 512. The highest BCUT2D eigenvalue weighted by atomic mass is 19.1. The lowest BCUT2D eigenvalue weighted by atomic mass is 10.1. The van der Waals surface area contributed by atoms with E-state index in [4.69, 9.17) is 5.26 Å². The van der Waals surface area contributed by atoms with Gasteiger partial charge in [0.15, 0.2) is 0 Å². The predicted molar refractivity (Wildman–Crippen MR) is 70.0 cm³/mol. The van der Waals surface area contributed by atoms with Crippen LogP contribution in [-0.4, -0.2) is 24.5 Å². The summed E-state index contributed by atoms with van der Waals surface area (Å²) in [6.07, 6.45) is 0.818. The molecule has 4 nitrogen and oxygen atoms in total. The minimum Gasteiger partial charge on any atom is -0.305 e. The molecule has 1 aromatic rings. The highest BCUT2D eigenvalue weighted by molar-refractivity contribution is 5.98. The van der Waals surface area contributed by atoms with Crippen LogP contribution in [0, 0.1) is 17.1 Å². The van der Waals surface area contributed by atoms with Gasteiger partial charge in [-0.15, -0.1) is 0 Å². The summed E-state index contributed by atoms with van der Waals surface area (Å²) in [6, 6.07) is 7.57. The van der Waals surface area contributed by atoms with Crippen LogP contribution in [0.1, 0.15) is 19.8 Å². The molecule has 1 amide bonds. The van der Waals surface area contributed by atoms with Crippen LogP contribution in [0.5, 0.6) is 0 Å². The smallest absolute Gasteiger partial charge is 0.245 e. The first-order valence-electron chi connectivity index (χ1n) is 6.33. The normalized spacial score (nSPS) is 23.8. The van der Waals surface area contributed by atoms with Crippen LogP contribution in [0.25, 0.3) is 0 Å². The first-order valence-corrected chi connectivity index (χ1v) is 6.33. The van der Waals surface area contributed by atoms with E-state index in [1.807, 2.05) is 13.0 Å². The van der Waals surface area contributed by atoms with Crippen molar-refractivity contribution in [3.8, 4) is 6.07 Å². The third-order valence-electron chi connectivity index (χ3n) is 3.34. The van der Waals surface area contributed by atoms with E-state index in [2.05, 4.69) is 5.32 Å². The largest absolute Gasteiger partial charge is 0.305 e. The van der Waals surface area contributed by atoms with E-state index in [1.165, 1.54) is 11.0 Å². The number of nitrogens with zero attached hydrogens (tertiary/aromatic N) is 2. The first-order chi connectivity index (χ1) is 9.15. The Kier molecular flexibility index (Phi) is 4.13. The van der Waals surface area contributed by atoms with Crippen LogP contribution >= 0.6 is 0 Å². The summed E-state index contributed by atoms with van der Waals surface area (Å²) < 4.78 is 13.9. The average molecular weight is 261 g/mol. The van der Waals surface area contributed by atoms with Gasteiger partial charge in [0.1, 0.15) is 11.9 Å². The van der Waals surface area contributed by atoms with Gasteiger partial charge in [0, 0.05) is 6.04 Å². The minimum atomic E-state index is -0.561. The van der Waals surface area contributed by atoms with E-state index in [1.54, 1.807) is 18.2 Å². The fourth-order valence-corrected chi connectivity index (χ4v) is 2.32. The number of para-hydroxylation sites is 1. The third-order valence-corrected chi connectivity index (χ3v) is 3.34. The first kappa shape index (κ1) is 13.5. The van der Waals surface area contributed by atoms with Gasteiger partial charge in [-0.3, -0.25) is 4.79 Å². The van der Waals surface area contributed by atoms with Gasteiger partial charge >= 0.3 is 0 Å². The number of halogens is 1. The topological polar surface area (TPSA) is 56.1 Å². The van der Waals surface area contributed by atoms with E-state index in [0.29, 0.717) is 6.54 Å². The van der Waals surface area contributed by atoms with Crippen molar-refractivity contribution >= 4 is 11.6 Å². The molecule has 19 heavy (non-hydrogen) atoms. The fraction of sp³-hybridized carbons (Fsp3) is 0.429. The molecule has 1 N–H and O–H groups in total. The van der Waals surface area contributed by atoms with Crippen molar-refractivity contribution in [3.63, 3.8) is 0 Å². The molecule has 1 fully saturated rings. The number of benzene rings is 1. The average Bonchev–Trinajstić information content (AvgIpc) is 2.52. The second kappa shape index (κ2) is 5.81. The molecular formula is C14H16FN3O. The summed E-state index contributed by atoms with van der Waals surface area (Å²) >= 11 is 0. The molecule has 0 bridgehead atoms. The molecule has 0 saturated carbocycles. The Morgan fingerprint density at radius 2 is 2.26 bits per heavy atom. The Hall–Kier alpha value is -1.93. The van der Waals surface area contributed by atoms with Crippen LogP contribution < -0.4 is 10.2 Å². The van der Waals surface area contributed by atoms with Gasteiger partial charge in [-0.1, -0.05) is 12.1 Å². The van der Waals surface area contributed by atoms with E-state index in [0.717, 1.165) is 6.42 Å².